The van der Waals surface area contributed by atoms with Gasteiger partial charge in [-0.15, -0.1) is 0 Å². The second-order valence-corrected chi connectivity index (χ2v) is 7.52. The van der Waals surface area contributed by atoms with Gasteiger partial charge in [0.2, 0.25) is 0 Å². The number of sulfone groups is 1. The third kappa shape index (κ3) is 3.72. The van der Waals surface area contributed by atoms with E-state index < -0.39 is 9.84 Å². The molecule has 20 heavy (non-hydrogen) atoms. The summed E-state index contributed by atoms with van der Waals surface area (Å²) in [6, 6.07) is 7.15. The molecule has 0 radical (unpaired) electrons. The summed E-state index contributed by atoms with van der Waals surface area (Å²) in [6.45, 7) is 3.91. The Morgan fingerprint density at radius 2 is 2.05 bits per heavy atom. The maximum absolute atomic E-state index is 11.9. The molecule has 1 heterocycles. The molecule has 1 aromatic rings. The van der Waals surface area contributed by atoms with Crippen molar-refractivity contribution in [3.63, 3.8) is 0 Å². The quantitative estimate of drug-likeness (QED) is 0.888. The lowest BCUT2D eigenvalue weighted by Crippen LogP contribution is -2.43. The van der Waals surface area contributed by atoms with Crippen molar-refractivity contribution in [3.05, 3.63) is 35.4 Å². The minimum atomic E-state index is -2.97. The number of aryl methyl sites for hydroxylation is 1. The Bertz CT molecular complexity index is 598. The van der Waals surface area contributed by atoms with Gasteiger partial charge in [-0.25, -0.2) is 13.2 Å². The van der Waals surface area contributed by atoms with Gasteiger partial charge in [-0.05, 0) is 31.4 Å². The molecule has 1 aromatic carbocycles. The van der Waals surface area contributed by atoms with Gasteiger partial charge >= 0.3 is 6.03 Å². The SMILES string of the molecule is Cc1ccccc1C(C)NC(=O)NC1CCS(=O)(=O)C1. The molecule has 1 fully saturated rings. The van der Waals surface area contributed by atoms with Crippen molar-refractivity contribution in [2.75, 3.05) is 11.5 Å². The van der Waals surface area contributed by atoms with Gasteiger partial charge in [0.15, 0.2) is 9.84 Å². The fourth-order valence-corrected chi connectivity index (χ4v) is 4.16. The third-order valence-corrected chi connectivity index (χ3v) is 5.34. The predicted molar refractivity (Wildman–Crippen MR) is 78.3 cm³/mol. The van der Waals surface area contributed by atoms with E-state index >= 15 is 0 Å². The molecule has 0 spiro atoms. The van der Waals surface area contributed by atoms with Crippen LogP contribution in [0.15, 0.2) is 24.3 Å². The van der Waals surface area contributed by atoms with Crippen LogP contribution in [-0.4, -0.2) is 32.0 Å². The lowest BCUT2D eigenvalue weighted by molar-refractivity contribution is 0.235. The fraction of sp³-hybridized carbons (Fsp3) is 0.500. The minimum Gasteiger partial charge on any atom is -0.334 e. The number of amides is 2. The fourth-order valence-electron chi connectivity index (χ4n) is 2.48. The highest BCUT2D eigenvalue weighted by Crippen LogP contribution is 2.17. The molecular weight excluding hydrogens is 276 g/mol. The molecule has 6 heteroatoms. The van der Waals surface area contributed by atoms with Gasteiger partial charge in [0.05, 0.1) is 17.5 Å². The molecular formula is C14H20N2O3S. The molecule has 2 N–H and O–H groups in total. The molecule has 0 saturated carbocycles. The van der Waals surface area contributed by atoms with E-state index in [2.05, 4.69) is 10.6 Å². The smallest absolute Gasteiger partial charge is 0.315 e. The van der Waals surface area contributed by atoms with Crippen LogP contribution in [-0.2, 0) is 9.84 Å². The van der Waals surface area contributed by atoms with Gasteiger partial charge in [0, 0.05) is 6.04 Å². The van der Waals surface area contributed by atoms with E-state index in [9.17, 15) is 13.2 Å². The van der Waals surface area contributed by atoms with Crippen molar-refractivity contribution in [1.29, 1.82) is 0 Å². The standard InChI is InChI=1S/C14H20N2O3S/c1-10-5-3-4-6-13(10)11(2)15-14(17)16-12-7-8-20(18,19)9-12/h3-6,11-12H,7-9H2,1-2H3,(H2,15,16,17). The van der Waals surface area contributed by atoms with E-state index in [0.29, 0.717) is 6.42 Å². The van der Waals surface area contributed by atoms with Crippen LogP contribution in [0.25, 0.3) is 0 Å². The molecule has 110 valence electrons. The number of benzene rings is 1. The van der Waals surface area contributed by atoms with Crippen molar-refractivity contribution in [2.45, 2.75) is 32.4 Å². The highest BCUT2D eigenvalue weighted by atomic mass is 32.2. The summed E-state index contributed by atoms with van der Waals surface area (Å²) < 4.78 is 22.7. The van der Waals surface area contributed by atoms with Crippen LogP contribution in [0.1, 0.15) is 30.5 Å². The van der Waals surface area contributed by atoms with Crippen LogP contribution in [0.3, 0.4) is 0 Å². The number of rotatable bonds is 3. The maximum atomic E-state index is 11.9. The second kappa shape index (κ2) is 5.83. The average molecular weight is 296 g/mol. The topological polar surface area (TPSA) is 75.3 Å². The first-order valence-electron chi connectivity index (χ1n) is 6.70. The first-order chi connectivity index (χ1) is 9.37. The Balaban J connectivity index is 1.90. The Morgan fingerprint density at radius 1 is 1.35 bits per heavy atom. The van der Waals surface area contributed by atoms with Crippen LogP contribution in [0, 0.1) is 6.92 Å². The van der Waals surface area contributed by atoms with E-state index in [-0.39, 0.29) is 29.6 Å². The molecule has 2 amide bonds. The van der Waals surface area contributed by atoms with Crippen molar-refractivity contribution in [3.8, 4) is 0 Å². The van der Waals surface area contributed by atoms with Crippen LogP contribution in [0.2, 0.25) is 0 Å². The van der Waals surface area contributed by atoms with Crippen LogP contribution < -0.4 is 10.6 Å². The Kier molecular flexibility index (Phi) is 4.32. The van der Waals surface area contributed by atoms with Gasteiger partial charge in [0.1, 0.15) is 0 Å². The molecule has 5 nitrogen and oxygen atoms in total. The van der Waals surface area contributed by atoms with Gasteiger partial charge in [-0.1, -0.05) is 24.3 Å². The van der Waals surface area contributed by atoms with E-state index in [1.807, 2.05) is 38.1 Å². The first kappa shape index (κ1) is 14.8. The van der Waals surface area contributed by atoms with E-state index in [0.717, 1.165) is 11.1 Å². The number of hydrogen-bond donors (Lipinski definition) is 2. The lowest BCUT2D eigenvalue weighted by atomic mass is 10.0. The maximum Gasteiger partial charge on any atom is 0.315 e. The van der Waals surface area contributed by atoms with Crippen molar-refractivity contribution in [2.24, 2.45) is 0 Å². The zero-order chi connectivity index (χ0) is 14.8. The second-order valence-electron chi connectivity index (χ2n) is 5.30. The number of carbonyl (C=O) groups is 1. The summed E-state index contributed by atoms with van der Waals surface area (Å²) >= 11 is 0. The van der Waals surface area contributed by atoms with Crippen molar-refractivity contribution >= 4 is 15.9 Å². The van der Waals surface area contributed by atoms with E-state index in [1.165, 1.54) is 0 Å². The summed E-state index contributed by atoms with van der Waals surface area (Å²) in [5.74, 6) is 0.199. The van der Waals surface area contributed by atoms with Crippen LogP contribution in [0.4, 0.5) is 4.79 Å². The Labute approximate surface area is 119 Å². The minimum absolute atomic E-state index is 0.0408. The van der Waals surface area contributed by atoms with E-state index in [1.54, 1.807) is 0 Å². The molecule has 1 saturated heterocycles. The Hall–Kier alpha value is -1.56. The predicted octanol–water partition coefficient (Wildman–Crippen LogP) is 1.54. The average Bonchev–Trinajstić information content (AvgIpc) is 2.68. The summed E-state index contributed by atoms with van der Waals surface area (Å²) in [5.41, 5.74) is 2.17. The molecule has 1 aliphatic rings. The van der Waals surface area contributed by atoms with Crippen LogP contribution in [0.5, 0.6) is 0 Å². The number of hydrogen-bond acceptors (Lipinski definition) is 3. The van der Waals surface area contributed by atoms with Gasteiger partial charge in [0.25, 0.3) is 0 Å². The highest BCUT2D eigenvalue weighted by molar-refractivity contribution is 7.91. The number of urea groups is 1. The normalized spacial score (nSPS) is 22.2. The monoisotopic (exact) mass is 296 g/mol. The van der Waals surface area contributed by atoms with Crippen LogP contribution >= 0.6 is 0 Å². The van der Waals surface area contributed by atoms with Gasteiger partial charge < -0.3 is 10.6 Å². The molecule has 1 aliphatic heterocycles. The summed E-state index contributed by atoms with van der Waals surface area (Å²) in [4.78, 5) is 11.9. The number of carbonyl (C=O) groups excluding carboxylic acids is 1. The van der Waals surface area contributed by atoms with Gasteiger partial charge in [-0.3, -0.25) is 0 Å². The summed E-state index contributed by atoms with van der Waals surface area (Å²) in [6.07, 6.45) is 0.495. The molecule has 0 aliphatic carbocycles. The molecule has 0 aromatic heterocycles. The molecule has 2 unspecified atom stereocenters. The van der Waals surface area contributed by atoms with E-state index in [4.69, 9.17) is 0 Å². The largest absolute Gasteiger partial charge is 0.334 e. The molecule has 2 rings (SSSR count). The zero-order valence-corrected chi connectivity index (χ0v) is 12.5. The van der Waals surface area contributed by atoms with Crippen molar-refractivity contribution in [1.82, 2.24) is 10.6 Å². The third-order valence-electron chi connectivity index (χ3n) is 3.57. The summed E-state index contributed by atoms with van der Waals surface area (Å²) in [5, 5.41) is 5.57. The first-order valence-corrected chi connectivity index (χ1v) is 8.52. The zero-order valence-electron chi connectivity index (χ0n) is 11.7. The number of nitrogens with one attached hydrogen (secondary N) is 2. The molecule has 0 bridgehead atoms. The molecule has 2 atom stereocenters. The van der Waals surface area contributed by atoms with Gasteiger partial charge in [-0.2, -0.15) is 0 Å². The van der Waals surface area contributed by atoms with Crippen molar-refractivity contribution < 1.29 is 13.2 Å². The highest BCUT2D eigenvalue weighted by Gasteiger charge is 2.29. The summed E-state index contributed by atoms with van der Waals surface area (Å²) in [7, 11) is -2.97. The Morgan fingerprint density at radius 3 is 2.65 bits per heavy atom. The lowest BCUT2D eigenvalue weighted by Gasteiger charge is -2.18.